The lowest BCUT2D eigenvalue weighted by molar-refractivity contribution is 0.222. The Labute approximate surface area is 134 Å². The molecule has 1 aliphatic heterocycles. The minimum atomic E-state index is 0.236. The molecule has 1 heterocycles. The van der Waals surface area contributed by atoms with Crippen molar-refractivity contribution in [2.75, 3.05) is 6.54 Å². The summed E-state index contributed by atoms with van der Waals surface area (Å²) in [6.07, 6.45) is 1.23. The average Bonchev–Trinajstić information content (AvgIpc) is 2.87. The zero-order chi connectivity index (χ0) is 14.8. The van der Waals surface area contributed by atoms with E-state index in [2.05, 4.69) is 77.6 Å². The zero-order valence-electron chi connectivity index (χ0n) is 12.4. The average molecular weight is 346 g/mol. The van der Waals surface area contributed by atoms with Gasteiger partial charge in [0.1, 0.15) is 11.9 Å². The highest BCUT2D eigenvalue weighted by atomic mass is 79.9. The summed E-state index contributed by atoms with van der Waals surface area (Å²) in [5.41, 5.74) is 3.93. The van der Waals surface area contributed by atoms with Crippen LogP contribution in [0, 0.1) is 6.92 Å². The van der Waals surface area contributed by atoms with Crippen LogP contribution in [0.2, 0.25) is 0 Å². The molecule has 1 N–H and O–H groups in total. The molecule has 0 spiro atoms. The number of hydrogen-bond acceptors (Lipinski definition) is 2. The number of rotatable bonds is 4. The Hall–Kier alpha value is -1.32. The van der Waals surface area contributed by atoms with Crippen molar-refractivity contribution in [1.29, 1.82) is 0 Å². The Bertz CT molecular complexity index is 624. The van der Waals surface area contributed by atoms with Crippen molar-refractivity contribution < 1.29 is 4.74 Å². The van der Waals surface area contributed by atoms with E-state index < -0.39 is 0 Å². The second kappa shape index (κ2) is 6.20. The number of ether oxygens (including phenoxy) is 1. The maximum atomic E-state index is 6.00. The molecule has 2 atom stereocenters. The number of aryl methyl sites for hydroxylation is 1. The Kier molecular flexibility index (Phi) is 4.32. The molecule has 2 unspecified atom stereocenters. The van der Waals surface area contributed by atoms with Gasteiger partial charge in [-0.2, -0.15) is 0 Å². The molecule has 0 saturated carbocycles. The minimum absolute atomic E-state index is 0.236. The van der Waals surface area contributed by atoms with Crippen molar-refractivity contribution in [1.82, 2.24) is 5.32 Å². The van der Waals surface area contributed by atoms with Crippen molar-refractivity contribution in [3.05, 3.63) is 63.6 Å². The highest BCUT2D eigenvalue weighted by molar-refractivity contribution is 9.10. The number of halogens is 1. The van der Waals surface area contributed by atoms with Crippen LogP contribution in [0.15, 0.2) is 46.9 Å². The zero-order valence-corrected chi connectivity index (χ0v) is 14.0. The van der Waals surface area contributed by atoms with Gasteiger partial charge >= 0.3 is 0 Å². The number of nitrogens with one attached hydrogen (secondary N) is 1. The molecule has 3 rings (SSSR count). The molecule has 0 amide bonds. The molecular weight excluding hydrogens is 326 g/mol. The Morgan fingerprint density at radius 2 is 2.00 bits per heavy atom. The number of benzene rings is 2. The predicted molar refractivity (Wildman–Crippen MR) is 89.9 cm³/mol. The van der Waals surface area contributed by atoms with Gasteiger partial charge in [-0.1, -0.05) is 45.8 Å². The van der Waals surface area contributed by atoms with Crippen molar-refractivity contribution in [3.8, 4) is 5.75 Å². The van der Waals surface area contributed by atoms with Crippen molar-refractivity contribution >= 4 is 15.9 Å². The monoisotopic (exact) mass is 345 g/mol. The lowest BCUT2D eigenvalue weighted by atomic mass is 10.1. The first-order valence-electron chi connectivity index (χ1n) is 7.37. The molecule has 2 aromatic rings. The fourth-order valence-corrected chi connectivity index (χ4v) is 3.00. The Balaban J connectivity index is 1.56. The molecule has 110 valence electrons. The summed E-state index contributed by atoms with van der Waals surface area (Å²) in [4.78, 5) is 0. The first kappa shape index (κ1) is 14.6. The molecule has 21 heavy (non-hydrogen) atoms. The highest BCUT2D eigenvalue weighted by Gasteiger charge is 2.23. The second-order valence-corrected chi connectivity index (χ2v) is 6.65. The van der Waals surface area contributed by atoms with Crippen LogP contribution in [0.5, 0.6) is 5.75 Å². The van der Waals surface area contributed by atoms with Crippen molar-refractivity contribution in [2.24, 2.45) is 0 Å². The van der Waals surface area contributed by atoms with Crippen LogP contribution in [-0.2, 0) is 6.42 Å². The smallest absolute Gasteiger partial charge is 0.123 e. The third kappa shape index (κ3) is 3.47. The van der Waals surface area contributed by atoms with Gasteiger partial charge in [0.2, 0.25) is 0 Å². The van der Waals surface area contributed by atoms with E-state index in [1.807, 2.05) is 0 Å². The van der Waals surface area contributed by atoms with E-state index in [4.69, 9.17) is 4.74 Å². The summed E-state index contributed by atoms with van der Waals surface area (Å²) in [5, 5.41) is 3.57. The molecule has 0 aromatic heterocycles. The summed E-state index contributed by atoms with van der Waals surface area (Å²) in [6, 6.07) is 15.2. The van der Waals surface area contributed by atoms with Gasteiger partial charge in [-0.15, -0.1) is 0 Å². The van der Waals surface area contributed by atoms with E-state index in [-0.39, 0.29) is 6.10 Å². The molecule has 0 saturated heterocycles. The Morgan fingerprint density at radius 1 is 1.24 bits per heavy atom. The second-order valence-electron chi connectivity index (χ2n) is 5.74. The maximum absolute atomic E-state index is 6.00. The minimum Gasteiger partial charge on any atom is -0.488 e. The van der Waals surface area contributed by atoms with Gasteiger partial charge < -0.3 is 10.1 Å². The van der Waals surface area contributed by atoms with Crippen LogP contribution < -0.4 is 10.1 Å². The summed E-state index contributed by atoms with van der Waals surface area (Å²) in [6.45, 7) is 5.18. The molecule has 0 fully saturated rings. The van der Waals surface area contributed by atoms with Crippen LogP contribution >= 0.6 is 15.9 Å². The van der Waals surface area contributed by atoms with Gasteiger partial charge in [0.25, 0.3) is 0 Å². The van der Waals surface area contributed by atoms with Gasteiger partial charge in [0.05, 0.1) is 0 Å². The van der Waals surface area contributed by atoms with Crippen LogP contribution in [0.3, 0.4) is 0 Å². The lowest BCUT2D eigenvalue weighted by Gasteiger charge is -2.17. The van der Waals surface area contributed by atoms with Crippen LogP contribution in [-0.4, -0.2) is 12.6 Å². The maximum Gasteiger partial charge on any atom is 0.123 e. The first-order chi connectivity index (χ1) is 10.1. The Morgan fingerprint density at radius 3 is 2.76 bits per heavy atom. The summed E-state index contributed by atoms with van der Waals surface area (Å²) < 4.78 is 7.11. The van der Waals surface area contributed by atoms with E-state index in [9.17, 15) is 0 Å². The molecule has 0 aliphatic carbocycles. The molecule has 3 heteroatoms. The van der Waals surface area contributed by atoms with Crippen LogP contribution in [0.1, 0.15) is 29.7 Å². The van der Waals surface area contributed by atoms with Gasteiger partial charge in [0, 0.05) is 23.5 Å². The summed E-state index contributed by atoms with van der Waals surface area (Å²) in [7, 11) is 0. The summed E-state index contributed by atoms with van der Waals surface area (Å²) in [5.74, 6) is 1.05. The van der Waals surface area contributed by atoms with Gasteiger partial charge in [-0.3, -0.25) is 0 Å². The van der Waals surface area contributed by atoms with E-state index in [1.54, 1.807) is 0 Å². The van der Waals surface area contributed by atoms with Crippen LogP contribution in [0.25, 0.3) is 0 Å². The quantitative estimate of drug-likeness (QED) is 0.885. The van der Waals surface area contributed by atoms with Gasteiger partial charge in [-0.05, 0) is 43.2 Å². The topological polar surface area (TPSA) is 21.3 Å². The van der Waals surface area contributed by atoms with E-state index >= 15 is 0 Å². The molecule has 0 radical (unpaired) electrons. The largest absolute Gasteiger partial charge is 0.488 e. The number of hydrogen-bond donors (Lipinski definition) is 1. The van der Waals surface area contributed by atoms with Gasteiger partial charge in [-0.25, -0.2) is 0 Å². The molecule has 1 aliphatic rings. The normalized spacial score (nSPS) is 18.1. The first-order valence-corrected chi connectivity index (χ1v) is 8.16. The van der Waals surface area contributed by atoms with Gasteiger partial charge in [0.15, 0.2) is 0 Å². The lowest BCUT2D eigenvalue weighted by Crippen LogP contribution is -2.31. The highest BCUT2D eigenvalue weighted by Crippen LogP contribution is 2.29. The molecule has 2 nitrogen and oxygen atoms in total. The van der Waals surface area contributed by atoms with E-state index in [0.717, 1.165) is 23.2 Å². The standard InChI is InChI=1S/C18H20BrNO/c1-12-3-8-18-15(9-12)10-17(21-18)11-20-13(2)14-4-6-16(19)7-5-14/h3-9,13,17,20H,10-11H2,1-2H3. The summed E-state index contributed by atoms with van der Waals surface area (Å²) >= 11 is 3.47. The van der Waals surface area contributed by atoms with Crippen LogP contribution in [0.4, 0.5) is 0 Å². The number of fused-ring (bicyclic) bond motifs is 1. The third-order valence-corrected chi connectivity index (χ3v) is 4.51. The molecule has 2 aromatic carbocycles. The van der Waals surface area contributed by atoms with E-state index in [1.165, 1.54) is 16.7 Å². The van der Waals surface area contributed by atoms with Crippen molar-refractivity contribution in [2.45, 2.75) is 32.4 Å². The van der Waals surface area contributed by atoms with E-state index in [0.29, 0.717) is 6.04 Å². The molecular formula is C18H20BrNO. The fraction of sp³-hybridized carbons (Fsp3) is 0.333. The predicted octanol–water partition coefficient (Wildman–Crippen LogP) is 4.41. The third-order valence-electron chi connectivity index (χ3n) is 3.98. The van der Waals surface area contributed by atoms with Crippen molar-refractivity contribution in [3.63, 3.8) is 0 Å². The fourth-order valence-electron chi connectivity index (χ4n) is 2.74. The SMILES string of the molecule is Cc1ccc2c(c1)CC(CNC(C)c1ccc(Br)cc1)O2. The molecule has 0 bridgehead atoms.